The molecule has 2 heterocycles. The molecule has 18 heavy (non-hydrogen) atoms. The van der Waals surface area contributed by atoms with Crippen molar-refractivity contribution in [1.29, 1.82) is 0 Å². The van der Waals surface area contributed by atoms with Crippen LogP contribution in [0.15, 0.2) is 18.5 Å². The summed E-state index contributed by atoms with van der Waals surface area (Å²) < 4.78 is 0. The van der Waals surface area contributed by atoms with Crippen LogP contribution < -0.4 is 10.2 Å². The summed E-state index contributed by atoms with van der Waals surface area (Å²) in [4.78, 5) is 12.0. The van der Waals surface area contributed by atoms with Gasteiger partial charge in [-0.1, -0.05) is 0 Å². The van der Waals surface area contributed by atoms with Crippen molar-refractivity contribution in [3.05, 3.63) is 34.0 Å². The maximum atomic E-state index is 4.43. The van der Waals surface area contributed by atoms with Crippen LogP contribution in [-0.4, -0.2) is 24.1 Å². The molecular weight excluding hydrogens is 244 g/mol. The van der Waals surface area contributed by atoms with Crippen molar-refractivity contribution in [3.8, 4) is 0 Å². The van der Waals surface area contributed by atoms with Crippen molar-refractivity contribution < 1.29 is 0 Å². The third kappa shape index (κ3) is 2.79. The third-order valence-corrected chi connectivity index (χ3v) is 3.79. The Balaban J connectivity index is 2.13. The predicted molar refractivity (Wildman–Crippen MR) is 77.5 cm³/mol. The number of hydrogen-bond acceptors (Lipinski definition) is 5. The van der Waals surface area contributed by atoms with Crippen LogP contribution in [0.1, 0.15) is 15.6 Å². The quantitative estimate of drug-likeness (QED) is 0.920. The molecule has 1 N–H and O–H groups in total. The molecule has 0 atom stereocenters. The molecule has 0 aliphatic rings. The number of nitrogens with zero attached hydrogens (tertiary/aromatic N) is 3. The molecule has 0 radical (unpaired) electrons. The Hall–Kier alpha value is -1.62. The first-order valence-electron chi connectivity index (χ1n) is 5.86. The van der Waals surface area contributed by atoms with Crippen molar-refractivity contribution in [2.45, 2.75) is 20.4 Å². The summed E-state index contributed by atoms with van der Waals surface area (Å²) in [6.07, 6.45) is 3.67. The van der Waals surface area contributed by atoms with E-state index in [4.69, 9.17) is 0 Å². The van der Waals surface area contributed by atoms with Crippen LogP contribution in [-0.2, 0) is 6.54 Å². The van der Waals surface area contributed by atoms with Gasteiger partial charge in [-0.3, -0.25) is 4.98 Å². The van der Waals surface area contributed by atoms with E-state index in [9.17, 15) is 0 Å². The lowest BCUT2D eigenvalue weighted by atomic mass is 10.3. The molecule has 0 spiro atoms. The SMILES string of the molecule is Cc1nc(C)c(CNc2cnccc2N(C)C)s1. The molecule has 0 saturated heterocycles. The van der Waals surface area contributed by atoms with Gasteiger partial charge < -0.3 is 10.2 Å². The van der Waals surface area contributed by atoms with Gasteiger partial charge in [0, 0.05) is 25.2 Å². The van der Waals surface area contributed by atoms with E-state index in [0.29, 0.717) is 0 Å². The molecule has 5 heteroatoms. The molecule has 0 saturated carbocycles. The number of pyridine rings is 1. The van der Waals surface area contributed by atoms with E-state index in [0.717, 1.165) is 28.6 Å². The maximum Gasteiger partial charge on any atom is 0.0900 e. The smallest absolute Gasteiger partial charge is 0.0900 e. The molecule has 0 aromatic carbocycles. The Bertz CT molecular complexity index is 534. The molecule has 2 aromatic heterocycles. The van der Waals surface area contributed by atoms with Crippen molar-refractivity contribution in [2.75, 3.05) is 24.3 Å². The number of thiazole rings is 1. The zero-order valence-electron chi connectivity index (χ0n) is 11.2. The average Bonchev–Trinajstić information content (AvgIpc) is 2.65. The number of hydrogen-bond donors (Lipinski definition) is 1. The summed E-state index contributed by atoms with van der Waals surface area (Å²) in [6, 6.07) is 2.01. The van der Waals surface area contributed by atoms with Gasteiger partial charge in [-0.05, 0) is 19.9 Å². The van der Waals surface area contributed by atoms with Gasteiger partial charge in [0.1, 0.15) is 0 Å². The fraction of sp³-hybridized carbons (Fsp3) is 0.385. The Labute approximate surface area is 112 Å². The largest absolute Gasteiger partial charge is 0.377 e. The average molecular weight is 262 g/mol. The van der Waals surface area contributed by atoms with E-state index in [1.165, 1.54) is 4.88 Å². The zero-order valence-corrected chi connectivity index (χ0v) is 12.0. The van der Waals surface area contributed by atoms with E-state index in [2.05, 4.69) is 27.1 Å². The van der Waals surface area contributed by atoms with Crippen LogP contribution in [0, 0.1) is 13.8 Å². The van der Waals surface area contributed by atoms with E-state index in [-0.39, 0.29) is 0 Å². The van der Waals surface area contributed by atoms with Crippen LogP contribution in [0.25, 0.3) is 0 Å². The minimum atomic E-state index is 0.796. The fourth-order valence-corrected chi connectivity index (χ4v) is 2.70. The molecular formula is C13H18N4S. The Morgan fingerprint density at radius 2 is 2.11 bits per heavy atom. The molecule has 0 bridgehead atoms. The standard InChI is InChI=1S/C13H18N4S/c1-9-13(18-10(2)16-9)8-15-11-7-14-6-5-12(11)17(3)4/h5-7,15H,8H2,1-4H3. The minimum absolute atomic E-state index is 0.796. The van der Waals surface area contributed by atoms with Gasteiger partial charge in [-0.2, -0.15) is 0 Å². The van der Waals surface area contributed by atoms with Crippen LogP contribution in [0.4, 0.5) is 11.4 Å². The first-order chi connectivity index (χ1) is 8.58. The highest BCUT2D eigenvalue weighted by Gasteiger charge is 2.07. The van der Waals surface area contributed by atoms with Gasteiger partial charge in [0.2, 0.25) is 0 Å². The normalized spacial score (nSPS) is 10.4. The second-order valence-corrected chi connectivity index (χ2v) is 5.67. The Kier molecular flexibility index (Phi) is 3.81. The highest BCUT2D eigenvalue weighted by atomic mass is 32.1. The molecule has 2 aromatic rings. The molecule has 0 unspecified atom stereocenters. The lowest BCUT2D eigenvalue weighted by Crippen LogP contribution is -2.12. The minimum Gasteiger partial charge on any atom is -0.377 e. The summed E-state index contributed by atoms with van der Waals surface area (Å²) in [7, 11) is 4.06. The van der Waals surface area contributed by atoms with E-state index in [1.807, 2.05) is 39.5 Å². The first-order valence-corrected chi connectivity index (χ1v) is 6.67. The number of rotatable bonds is 4. The second kappa shape index (κ2) is 5.35. The van der Waals surface area contributed by atoms with E-state index in [1.54, 1.807) is 11.3 Å². The van der Waals surface area contributed by atoms with Gasteiger partial charge in [-0.25, -0.2) is 4.98 Å². The number of aryl methyl sites for hydroxylation is 2. The van der Waals surface area contributed by atoms with Gasteiger partial charge in [0.15, 0.2) is 0 Å². The van der Waals surface area contributed by atoms with Crippen molar-refractivity contribution in [3.63, 3.8) is 0 Å². The molecule has 4 nitrogen and oxygen atoms in total. The summed E-state index contributed by atoms with van der Waals surface area (Å²) >= 11 is 1.74. The summed E-state index contributed by atoms with van der Waals surface area (Å²) in [6.45, 7) is 4.89. The third-order valence-electron chi connectivity index (χ3n) is 2.72. The first kappa shape index (κ1) is 12.8. The molecule has 0 aliphatic carbocycles. The monoisotopic (exact) mass is 262 g/mol. The topological polar surface area (TPSA) is 41.1 Å². The van der Waals surface area contributed by atoms with Crippen LogP contribution in [0.3, 0.4) is 0 Å². The van der Waals surface area contributed by atoms with E-state index < -0.39 is 0 Å². The summed E-state index contributed by atoms with van der Waals surface area (Å²) in [5.74, 6) is 0. The fourth-order valence-electron chi connectivity index (χ4n) is 1.83. The number of aromatic nitrogens is 2. The highest BCUT2D eigenvalue weighted by molar-refractivity contribution is 7.11. The molecule has 0 fully saturated rings. The molecule has 2 rings (SSSR count). The highest BCUT2D eigenvalue weighted by Crippen LogP contribution is 2.24. The van der Waals surface area contributed by atoms with Crippen molar-refractivity contribution >= 4 is 22.7 Å². The van der Waals surface area contributed by atoms with E-state index >= 15 is 0 Å². The molecule has 0 aliphatic heterocycles. The lowest BCUT2D eigenvalue weighted by Gasteiger charge is -2.17. The number of nitrogens with one attached hydrogen (secondary N) is 1. The Morgan fingerprint density at radius 1 is 1.33 bits per heavy atom. The summed E-state index contributed by atoms with van der Waals surface area (Å²) in [5.41, 5.74) is 3.30. The van der Waals surface area contributed by atoms with Crippen LogP contribution in [0.2, 0.25) is 0 Å². The van der Waals surface area contributed by atoms with Gasteiger partial charge >= 0.3 is 0 Å². The Morgan fingerprint density at radius 3 is 2.72 bits per heavy atom. The molecule has 96 valence electrons. The van der Waals surface area contributed by atoms with Crippen LogP contribution >= 0.6 is 11.3 Å². The van der Waals surface area contributed by atoms with Crippen LogP contribution in [0.5, 0.6) is 0 Å². The van der Waals surface area contributed by atoms with Crippen molar-refractivity contribution in [1.82, 2.24) is 9.97 Å². The summed E-state index contributed by atoms with van der Waals surface area (Å²) in [5, 5.41) is 4.55. The van der Waals surface area contributed by atoms with Gasteiger partial charge in [-0.15, -0.1) is 11.3 Å². The second-order valence-electron chi connectivity index (χ2n) is 4.38. The molecule has 0 amide bonds. The maximum absolute atomic E-state index is 4.43. The van der Waals surface area contributed by atoms with Gasteiger partial charge in [0.05, 0.1) is 34.8 Å². The predicted octanol–water partition coefficient (Wildman–Crippen LogP) is 2.83. The van der Waals surface area contributed by atoms with Gasteiger partial charge in [0.25, 0.3) is 0 Å². The zero-order chi connectivity index (χ0) is 13.1. The van der Waals surface area contributed by atoms with Crippen molar-refractivity contribution in [2.24, 2.45) is 0 Å². The number of anilines is 2. The lowest BCUT2D eigenvalue weighted by molar-refractivity contribution is 1.08.